The normalized spacial score (nSPS) is 14.6. The van der Waals surface area contributed by atoms with E-state index in [1.165, 1.54) is 16.4 Å². The van der Waals surface area contributed by atoms with Crippen molar-refractivity contribution in [2.24, 2.45) is 5.92 Å². The van der Waals surface area contributed by atoms with Crippen molar-refractivity contribution in [1.82, 2.24) is 20.2 Å². The lowest BCUT2D eigenvalue weighted by Crippen LogP contribution is -2.26. The molecule has 0 aliphatic heterocycles. The molecule has 2 aromatic carbocycles. The summed E-state index contributed by atoms with van der Waals surface area (Å²) in [4.78, 5) is 0. The van der Waals surface area contributed by atoms with Crippen molar-refractivity contribution in [2.45, 2.75) is 30.9 Å². The predicted octanol–water partition coefficient (Wildman–Crippen LogP) is 1.68. The fraction of sp³-hybridized carbons (Fsp3) is 0.316. The van der Waals surface area contributed by atoms with Gasteiger partial charge >= 0.3 is 0 Å². The van der Waals surface area contributed by atoms with Gasteiger partial charge in [0.15, 0.2) is 0 Å². The first-order valence-electron chi connectivity index (χ1n) is 8.76. The summed E-state index contributed by atoms with van der Waals surface area (Å²) in [5.41, 5.74) is 2.14. The van der Waals surface area contributed by atoms with E-state index in [0.29, 0.717) is 22.2 Å². The summed E-state index contributed by atoms with van der Waals surface area (Å²) < 4.78 is 1.52. The maximum Gasteiger partial charge on any atom is 0.214 e. The molecule has 0 aliphatic rings. The Hall–Kier alpha value is -2.46. The van der Waals surface area contributed by atoms with Gasteiger partial charge in [-0.1, -0.05) is 43.0 Å². The standard InChI is InChI=1S/C19H22N4O4S/c1-12(18(27)14-4-2-13(10-24)3-5-14)17(26)11-28-19-20-21-22-23(19)15-6-8-16(25)9-7-15/h2-9,12,17-18,24-27H,10-11H2,1H3/t12-,17+,18+/m1/s1. The Bertz CT molecular complexity index is 886. The predicted molar refractivity (Wildman–Crippen MR) is 104 cm³/mol. The molecular formula is C19H22N4O4S. The largest absolute Gasteiger partial charge is 0.508 e. The van der Waals surface area contributed by atoms with Gasteiger partial charge in [-0.3, -0.25) is 0 Å². The number of hydrogen-bond acceptors (Lipinski definition) is 8. The molecule has 1 heterocycles. The van der Waals surface area contributed by atoms with Gasteiger partial charge in [0.05, 0.1) is 24.5 Å². The first-order chi connectivity index (χ1) is 13.5. The van der Waals surface area contributed by atoms with Gasteiger partial charge in [-0.15, -0.1) is 5.10 Å². The molecular weight excluding hydrogens is 380 g/mol. The van der Waals surface area contributed by atoms with E-state index in [9.17, 15) is 15.3 Å². The van der Waals surface area contributed by atoms with Crippen LogP contribution in [0, 0.1) is 5.92 Å². The molecule has 3 rings (SSSR count). The van der Waals surface area contributed by atoms with Crippen LogP contribution < -0.4 is 0 Å². The maximum absolute atomic E-state index is 10.5. The average molecular weight is 402 g/mol. The van der Waals surface area contributed by atoms with Gasteiger partial charge in [0.2, 0.25) is 5.16 Å². The minimum atomic E-state index is -0.837. The van der Waals surface area contributed by atoms with Crippen molar-refractivity contribution in [1.29, 1.82) is 0 Å². The molecule has 0 saturated heterocycles. The van der Waals surface area contributed by atoms with Crippen LogP contribution in [0.2, 0.25) is 0 Å². The molecule has 0 amide bonds. The Balaban J connectivity index is 1.62. The van der Waals surface area contributed by atoms with E-state index in [1.807, 2.05) is 0 Å². The molecule has 0 radical (unpaired) electrons. The third-order valence-corrected chi connectivity index (χ3v) is 5.55. The molecule has 28 heavy (non-hydrogen) atoms. The van der Waals surface area contributed by atoms with Crippen LogP contribution in [-0.2, 0) is 6.61 Å². The summed E-state index contributed by atoms with van der Waals surface area (Å²) in [5.74, 6) is 0.0348. The van der Waals surface area contributed by atoms with E-state index in [0.717, 1.165) is 5.56 Å². The van der Waals surface area contributed by atoms with Gasteiger partial charge in [0, 0.05) is 11.7 Å². The Morgan fingerprint density at radius 3 is 2.36 bits per heavy atom. The van der Waals surface area contributed by atoms with Crippen LogP contribution in [0.1, 0.15) is 24.2 Å². The highest BCUT2D eigenvalue weighted by Crippen LogP contribution is 2.28. The summed E-state index contributed by atoms with van der Waals surface area (Å²) >= 11 is 1.28. The molecule has 0 saturated carbocycles. The second-order valence-corrected chi connectivity index (χ2v) is 7.46. The number of aromatic nitrogens is 4. The number of aliphatic hydroxyl groups excluding tert-OH is 3. The monoisotopic (exact) mass is 402 g/mol. The molecule has 0 unspecified atom stereocenters. The lowest BCUT2D eigenvalue weighted by molar-refractivity contribution is 0.0330. The van der Waals surface area contributed by atoms with Crippen LogP contribution in [0.4, 0.5) is 0 Å². The van der Waals surface area contributed by atoms with Crippen LogP contribution in [0.3, 0.4) is 0 Å². The van der Waals surface area contributed by atoms with Crippen molar-refractivity contribution in [3.05, 3.63) is 59.7 Å². The first kappa shape index (κ1) is 20.3. The van der Waals surface area contributed by atoms with Crippen molar-refractivity contribution in [2.75, 3.05) is 5.75 Å². The number of aliphatic hydroxyl groups is 3. The van der Waals surface area contributed by atoms with E-state index >= 15 is 0 Å². The number of hydrogen-bond donors (Lipinski definition) is 4. The first-order valence-corrected chi connectivity index (χ1v) is 9.74. The number of thioether (sulfide) groups is 1. The lowest BCUT2D eigenvalue weighted by Gasteiger charge is -2.24. The Labute approximate surface area is 166 Å². The van der Waals surface area contributed by atoms with Crippen molar-refractivity contribution in [3.63, 3.8) is 0 Å². The molecule has 0 fully saturated rings. The third kappa shape index (κ3) is 4.68. The molecule has 0 bridgehead atoms. The van der Waals surface area contributed by atoms with Crippen LogP contribution in [0.5, 0.6) is 5.75 Å². The topological polar surface area (TPSA) is 125 Å². The second kappa shape index (κ2) is 9.16. The number of nitrogens with zero attached hydrogens (tertiary/aromatic N) is 4. The number of benzene rings is 2. The SMILES string of the molecule is C[C@@H]([C@H](O)c1ccc(CO)cc1)[C@@H](O)CSc1nnnn1-c1ccc(O)cc1. The molecule has 9 heteroatoms. The summed E-state index contributed by atoms with van der Waals surface area (Å²) in [5, 5.41) is 51.6. The van der Waals surface area contributed by atoms with Crippen LogP contribution in [-0.4, -0.2) is 52.5 Å². The zero-order valence-corrected chi connectivity index (χ0v) is 16.1. The maximum atomic E-state index is 10.5. The molecule has 3 aromatic rings. The second-order valence-electron chi connectivity index (χ2n) is 6.47. The Kier molecular flexibility index (Phi) is 6.63. The number of aromatic hydroxyl groups is 1. The van der Waals surface area contributed by atoms with E-state index < -0.39 is 18.1 Å². The van der Waals surface area contributed by atoms with E-state index in [-0.39, 0.29) is 12.4 Å². The van der Waals surface area contributed by atoms with Gasteiger partial charge < -0.3 is 20.4 Å². The van der Waals surface area contributed by atoms with Gasteiger partial charge in [-0.05, 0) is 45.8 Å². The summed E-state index contributed by atoms with van der Waals surface area (Å²) in [6, 6.07) is 13.5. The molecule has 1 aromatic heterocycles. The fourth-order valence-corrected chi connectivity index (χ4v) is 3.65. The van der Waals surface area contributed by atoms with Crippen LogP contribution in [0.25, 0.3) is 5.69 Å². The Morgan fingerprint density at radius 2 is 1.71 bits per heavy atom. The summed E-state index contributed by atoms with van der Waals surface area (Å²) in [6.07, 6.45) is -1.63. The molecule has 4 N–H and O–H groups in total. The van der Waals surface area contributed by atoms with Gasteiger partial charge in [-0.2, -0.15) is 4.68 Å². The quantitative estimate of drug-likeness (QED) is 0.420. The molecule has 0 spiro atoms. The smallest absolute Gasteiger partial charge is 0.214 e. The molecule has 3 atom stereocenters. The zero-order valence-electron chi connectivity index (χ0n) is 15.3. The van der Waals surface area contributed by atoms with Gasteiger partial charge in [0.25, 0.3) is 0 Å². The highest BCUT2D eigenvalue weighted by atomic mass is 32.2. The third-order valence-electron chi connectivity index (χ3n) is 4.53. The van der Waals surface area contributed by atoms with Crippen molar-refractivity contribution in [3.8, 4) is 11.4 Å². The minimum Gasteiger partial charge on any atom is -0.508 e. The average Bonchev–Trinajstić information content (AvgIpc) is 3.20. The minimum absolute atomic E-state index is 0.0546. The van der Waals surface area contributed by atoms with Gasteiger partial charge in [0.1, 0.15) is 5.75 Å². The van der Waals surface area contributed by atoms with E-state index in [4.69, 9.17) is 5.11 Å². The van der Waals surface area contributed by atoms with Crippen molar-refractivity contribution >= 4 is 11.8 Å². The highest BCUT2D eigenvalue weighted by molar-refractivity contribution is 7.99. The summed E-state index contributed by atoms with van der Waals surface area (Å²) in [7, 11) is 0. The number of phenolic OH excluding ortho intramolecular Hbond substituents is 1. The van der Waals surface area contributed by atoms with Crippen molar-refractivity contribution < 1.29 is 20.4 Å². The number of phenols is 1. The van der Waals surface area contributed by atoms with Crippen LogP contribution in [0.15, 0.2) is 53.7 Å². The van der Waals surface area contributed by atoms with E-state index in [2.05, 4.69) is 15.5 Å². The fourth-order valence-electron chi connectivity index (χ4n) is 2.67. The number of tetrazole rings is 1. The molecule has 0 aliphatic carbocycles. The highest BCUT2D eigenvalue weighted by Gasteiger charge is 2.25. The Morgan fingerprint density at radius 1 is 1.04 bits per heavy atom. The lowest BCUT2D eigenvalue weighted by atomic mass is 9.93. The molecule has 148 valence electrons. The molecule has 8 nitrogen and oxygen atoms in total. The zero-order chi connectivity index (χ0) is 20.1. The summed E-state index contributed by atoms with van der Waals surface area (Å²) in [6.45, 7) is 1.72. The van der Waals surface area contributed by atoms with Crippen LogP contribution >= 0.6 is 11.8 Å². The number of rotatable bonds is 8. The van der Waals surface area contributed by atoms with Gasteiger partial charge in [-0.25, -0.2) is 0 Å². The van der Waals surface area contributed by atoms with E-state index in [1.54, 1.807) is 55.5 Å².